The molecule has 0 aliphatic carbocycles. The lowest BCUT2D eigenvalue weighted by Crippen LogP contribution is -2.50. The average molecular weight is 319 g/mol. The summed E-state index contributed by atoms with van der Waals surface area (Å²) >= 11 is 0. The summed E-state index contributed by atoms with van der Waals surface area (Å²) in [6.07, 6.45) is 4.83. The molecule has 2 aliphatic rings. The lowest BCUT2D eigenvalue weighted by molar-refractivity contribution is 0.0766. The van der Waals surface area contributed by atoms with Gasteiger partial charge in [0, 0.05) is 25.7 Å². The van der Waals surface area contributed by atoms with Gasteiger partial charge in [0.2, 0.25) is 0 Å². The summed E-state index contributed by atoms with van der Waals surface area (Å²) in [6.45, 7) is 6.70. The van der Waals surface area contributed by atoms with Gasteiger partial charge in [-0.05, 0) is 51.1 Å². The SMILES string of the molecule is CCCNCC1CCN(S(=O)(=O)NC2CCCOC2)CC1. The van der Waals surface area contributed by atoms with Crippen LogP contribution in [0.4, 0.5) is 0 Å². The van der Waals surface area contributed by atoms with Gasteiger partial charge in [0.15, 0.2) is 0 Å². The van der Waals surface area contributed by atoms with Gasteiger partial charge < -0.3 is 10.1 Å². The molecule has 2 rings (SSSR count). The first-order valence-electron chi connectivity index (χ1n) is 8.17. The Hall–Kier alpha value is -0.210. The van der Waals surface area contributed by atoms with E-state index < -0.39 is 10.2 Å². The van der Waals surface area contributed by atoms with Gasteiger partial charge >= 0.3 is 0 Å². The van der Waals surface area contributed by atoms with Gasteiger partial charge in [-0.2, -0.15) is 17.4 Å². The van der Waals surface area contributed by atoms with Crippen LogP contribution >= 0.6 is 0 Å². The van der Waals surface area contributed by atoms with Crippen molar-refractivity contribution >= 4 is 10.2 Å². The molecule has 2 N–H and O–H groups in total. The molecule has 124 valence electrons. The second-order valence-corrected chi connectivity index (χ2v) is 7.79. The van der Waals surface area contributed by atoms with Crippen molar-refractivity contribution < 1.29 is 13.2 Å². The topological polar surface area (TPSA) is 70.7 Å². The van der Waals surface area contributed by atoms with Crippen LogP contribution in [0, 0.1) is 5.92 Å². The molecule has 7 heteroatoms. The van der Waals surface area contributed by atoms with E-state index in [1.807, 2.05) is 0 Å². The fraction of sp³-hybridized carbons (Fsp3) is 1.00. The maximum absolute atomic E-state index is 12.4. The molecule has 2 aliphatic heterocycles. The second-order valence-electron chi connectivity index (χ2n) is 6.08. The Morgan fingerprint density at radius 2 is 2.00 bits per heavy atom. The van der Waals surface area contributed by atoms with Gasteiger partial charge in [-0.25, -0.2) is 0 Å². The molecule has 0 amide bonds. The van der Waals surface area contributed by atoms with E-state index in [2.05, 4.69) is 17.0 Å². The molecule has 2 fully saturated rings. The van der Waals surface area contributed by atoms with Crippen LogP contribution in [-0.2, 0) is 14.9 Å². The molecule has 0 bridgehead atoms. The summed E-state index contributed by atoms with van der Waals surface area (Å²) in [5.74, 6) is 0.598. The van der Waals surface area contributed by atoms with Gasteiger partial charge in [0.05, 0.1) is 6.61 Å². The molecule has 2 saturated heterocycles. The monoisotopic (exact) mass is 319 g/mol. The van der Waals surface area contributed by atoms with E-state index in [0.29, 0.717) is 25.6 Å². The molecular formula is C14H29N3O3S. The van der Waals surface area contributed by atoms with E-state index in [4.69, 9.17) is 4.74 Å². The van der Waals surface area contributed by atoms with E-state index in [0.717, 1.165) is 51.8 Å². The Morgan fingerprint density at radius 1 is 1.24 bits per heavy atom. The van der Waals surface area contributed by atoms with Gasteiger partial charge in [-0.1, -0.05) is 6.92 Å². The summed E-state index contributed by atoms with van der Waals surface area (Å²) in [4.78, 5) is 0. The Balaban J connectivity index is 1.74. The highest BCUT2D eigenvalue weighted by Crippen LogP contribution is 2.19. The van der Waals surface area contributed by atoms with Crippen LogP contribution in [0.1, 0.15) is 39.0 Å². The third-order valence-corrected chi connectivity index (χ3v) is 5.93. The molecular weight excluding hydrogens is 290 g/mol. The molecule has 2 heterocycles. The maximum atomic E-state index is 12.4. The van der Waals surface area contributed by atoms with Crippen LogP contribution in [0.15, 0.2) is 0 Å². The molecule has 6 nitrogen and oxygen atoms in total. The lowest BCUT2D eigenvalue weighted by Gasteiger charge is -2.33. The number of piperidine rings is 1. The Kier molecular flexibility index (Phi) is 6.88. The van der Waals surface area contributed by atoms with Gasteiger partial charge in [0.1, 0.15) is 0 Å². The third kappa shape index (κ3) is 5.49. The predicted molar refractivity (Wildman–Crippen MR) is 83.4 cm³/mol. The minimum atomic E-state index is -3.35. The van der Waals surface area contributed by atoms with Crippen LogP contribution in [0.3, 0.4) is 0 Å². The Morgan fingerprint density at radius 3 is 2.62 bits per heavy atom. The summed E-state index contributed by atoms with van der Waals surface area (Å²) < 4.78 is 34.4. The van der Waals surface area contributed by atoms with E-state index >= 15 is 0 Å². The van der Waals surface area contributed by atoms with Gasteiger partial charge in [-0.15, -0.1) is 0 Å². The molecule has 21 heavy (non-hydrogen) atoms. The molecule has 0 spiro atoms. The lowest BCUT2D eigenvalue weighted by atomic mass is 9.98. The number of nitrogens with one attached hydrogen (secondary N) is 2. The minimum absolute atomic E-state index is 0.0623. The number of rotatable bonds is 7. The number of ether oxygens (including phenoxy) is 1. The van der Waals surface area contributed by atoms with Crippen LogP contribution < -0.4 is 10.0 Å². The van der Waals surface area contributed by atoms with Gasteiger partial charge in [-0.3, -0.25) is 0 Å². The zero-order chi connectivity index (χ0) is 15.1. The van der Waals surface area contributed by atoms with Crippen LogP contribution in [0.25, 0.3) is 0 Å². The molecule has 0 aromatic heterocycles. The van der Waals surface area contributed by atoms with Crippen LogP contribution in [0.5, 0.6) is 0 Å². The predicted octanol–water partition coefficient (Wildman–Crippen LogP) is 0.711. The highest BCUT2D eigenvalue weighted by atomic mass is 32.2. The molecule has 0 saturated carbocycles. The fourth-order valence-corrected chi connectivity index (χ4v) is 4.40. The molecule has 0 radical (unpaired) electrons. The molecule has 1 atom stereocenters. The first-order chi connectivity index (χ1) is 10.1. The number of hydrogen-bond acceptors (Lipinski definition) is 4. The smallest absolute Gasteiger partial charge is 0.279 e. The van der Waals surface area contributed by atoms with Crippen molar-refractivity contribution in [3.63, 3.8) is 0 Å². The fourth-order valence-electron chi connectivity index (χ4n) is 2.96. The van der Waals surface area contributed by atoms with E-state index in [1.54, 1.807) is 4.31 Å². The summed E-state index contributed by atoms with van der Waals surface area (Å²) in [7, 11) is -3.35. The quantitative estimate of drug-likeness (QED) is 0.678. The van der Waals surface area contributed by atoms with Crippen molar-refractivity contribution in [1.29, 1.82) is 0 Å². The summed E-state index contributed by atoms with van der Waals surface area (Å²) in [5, 5.41) is 3.42. The summed E-state index contributed by atoms with van der Waals surface area (Å²) in [5.41, 5.74) is 0. The van der Waals surface area contributed by atoms with Crippen molar-refractivity contribution in [2.45, 2.75) is 45.1 Å². The van der Waals surface area contributed by atoms with Crippen molar-refractivity contribution in [1.82, 2.24) is 14.3 Å². The highest BCUT2D eigenvalue weighted by molar-refractivity contribution is 7.87. The van der Waals surface area contributed by atoms with Gasteiger partial charge in [0.25, 0.3) is 10.2 Å². The maximum Gasteiger partial charge on any atom is 0.279 e. The van der Waals surface area contributed by atoms with Crippen molar-refractivity contribution in [2.75, 3.05) is 39.4 Å². The normalized spacial score (nSPS) is 26.0. The number of hydrogen-bond donors (Lipinski definition) is 2. The van der Waals surface area contributed by atoms with Crippen molar-refractivity contribution in [3.8, 4) is 0 Å². The standard InChI is InChI=1S/C14H29N3O3S/c1-2-7-15-11-13-5-8-17(9-6-13)21(18,19)16-14-4-3-10-20-12-14/h13-16H,2-12H2,1H3. The Bertz CT molecular complexity index is 388. The zero-order valence-electron chi connectivity index (χ0n) is 13.0. The van der Waals surface area contributed by atoms with E-state index in [-0.39, 0.29) is 6.04 Å². The Labute approximate surface area is 128 Å². The highest BCUT2D eigenvalue weighted by Gasteiger charge is 2.30. The molecule has 0 aromatic rings. The van der Waals surface area contributed by atoms with Crippen molar-refractivity contribution in [2.24, 2.45) is 5.92 Å². The first kappa shape index (κ1) is 17.1. The largest absolute Gasteiger partial charge is 0.380 e. The molecule has 1 unspecified atom stereocenters. The van der Waals surface area contributed by atoms with Crippen molar-refractivity contribution in [3.05, 3.63) is 0 Å². The van der Waals surface area contributed by atoms with Crippen LogP contribution in [-0.4, -0.2) is 58.2 Å². The second kappa shape index (κ2) is 8.43. The van der Waals surface area contributed by atoms with E-state index in [9.17, 15) is 8.42 Å². The summed E-state index contributed by atoms with van der Waals surface area (Å²) in [6, 6.07) is -0.0623. The first-order valence-corrected chi connectivity index (χ1v) is 9.61. The number of nitrogens with zero attached hydrogens (tertiary/aromatic N) is 1. The molecule has 0 aromatic carbocycles. The minimum Gasteiger partial charge on any atom is -0.380 e. The van der Waals surface area contributed by atoms with E-state index in [1.165, 1.54) is 0 Å². The average Bonchev–Trinajstić information content (AvgIpc) is 2.49. The third-order valence-electron chi connectivity index (χ3n) is 4.25. The van der Waals surface area contributed by atoms with Crippen LogP contribution in [0.2, 0.25) is 0 Å². The zero-order valence-corrected chi connectivity index (χ0v) is 13.8.